The van der Waals surface area contributed by atoms with Crippen molar-refractivity contribution in [3.63, 3.8) is 0 Å². The third-order valence-electron chi connectivity index (χ3n) is 4.23. The van der Waals surface area contributed by atoms with Crippen LogP contribution in [0.5, 0.6) is 5.75 Å². The molecule has 128 valence electrons. The zero-order chi connectivity index (χ0) is 16.6. The Morgan fingerprint density at radius 3 is 2.79 bits per heavy atom. The van der Waals surface area contributed by atoms with Gasteiger partial charge < -0.3 is 15.0 Å². The fourth-order valence-electron chi connectivity index (χ4n) is 2.88. The monoisotopic (exact) mass is 344 g/mol. The Kier molecular flexibility index (Phi) is 6.26. The molecule has 0 unspecified atom stereocenters. The van der Waals surface area contributed by atoms with Crippen LogP contribution in [0.25, 0.3) is 0 Å². The summed E-state index contributed by atoms with van der Waals surface area (Å²) in [5.74, 6) is 0.890. The number of ether oxygens (including phenoxy) is 1. The number of para-hydroxylation sites is 1. The van der Waals surface area contributed by atoms with E-state index in [1.807, 2.05) is 29.2 Å². The molecule has 24 heavy (non-hydrogen) atoms. The lowest BCUT2D eigenvalue weighted by atomic mass is 10.2. The molecule has 1 aliphatic rings. The quantitative estimate of drug-likeness (QED) is 0.748. The molecular weight excluding hydrogens is 320 g/mol. The van der Waals surface area contributed by atoms with E-state index in [1.165, 1.54) is 4.88 Å². The molecule has 0 radical (unpaired) electrons. The molecule has 3 rings (SSSR count). The third kappa shape index (κ3) is 4.82. The normalized spacial score (nSPS) is 14.1. The second-order valence-corrected chi connectivity index (χ2v) is 7.02. The van der Waals surface area contributed by atoms with Gasteiger partial charge in [0.25, 0.3) is 5.91 Å². The van der Waals surface area contributed by atoms with Crippen molar-refractivity contribution in [1.82, 2.24) is 10.2 Å². The van der Waals surface area contributed by atoms with Crippen LogP contribution in [0.4, 0.5) is 0 Å². The Balaban J connectivity index is 1.46. The summed E-state index contributed by atoms with van der Waals surface area (Å²) >= 11 is 1.79. The number of carbonyl (C=O) groups excluding carboxylic acids is 1. The van der Waals surface area contributed by atoms with Gasteiger partial charge in [-0.1, -0.05) is 24.3 Å². The first-order valence-electron chi connectivity index (χ1n) is 8.54. The van der Waals surface area contributed by atoms with Crippen molar-refractivity contribution in [1.29, 1.82) is 0 Å². The summed E-state index contributed by atoms with van der Waals surface area (Å²) in [6, 6.07) is 12.2. The molecule has 0 bridgehead atoms. The smallest absolute Gasteiger partial charge is 0.260 e. The van der Waals surface area contributed by atoms with Gasteiger partial charge in [-0.05, 0) is 36.8 Å². The lowest BCUT2D eigenvalue weighted by Gasteiger charge is -2.17. The number of carbonyl (C=O) groups is 1. The molecule has 0 atom stereocenters. The van der Waals surface area contributed by atoms with Gasteiger partial charge in [0.2, 0.25) is 0 Å². The largest absolute Gasteiger partial charge is 0.483 e. The topological polar surface area (TPSA) is 41.6 Å². The number of amides is 1. The predicted molar refractivity (Wildman–Crippen MR) is 97.5 cm³/mol. The van der Waals surface area contributed by atoms with Crippen LogP contribution in [0.2, 0.25) is 0 Å². The van der Waals surface area contributed by atoms with Gasteiger partial charge in [-0.25, -0.2) is 0 Å². The van der Waals surface area contributed by atoms with E-state index in [-0.39, 0.29) is 12.5 Å². The number of nitrogens with zero attached hydrogens (tertiary/aromatic N) is 1. The van der Waals surface area contributed by atoms with Gasteiger partial charge in [-0.3, -0.25) is 4.79 Å². The molecule has 1 N–H and O–H groups in total. The maximum Gasteiger partial charge on any atom is 0.260 e. The summed E-state index contributed by atoms with van der Waals surface area (Å²) in [5.41, 5.74) is 1.10. The minimum absolute atomic E-state index is 0.0907. The van der Waals surface area contributed by atoms with Crippen LogP contribution in [0.1, 0.15) is 23.3 Å². The average Bonchev–Trinajstić information content (AvgIpc) is 3.31. The highest BCUT2D eigenvalue weighted by Gasteiger charge is 2.18. The molecule has 1 aromatic heterocycles. The molecule has 1 amide bonds. The fourth-order valence-corrected chi connectivity index (χ4v) is 3.59. The zero-order valence-corrected chi connectivity index (χ0v) is 14.7. The van der Waals surface area contributed by atoms with Crippen LogP contribution in [0.3, 0.4) is 0 Å². The summed E-state index contributed by atoms with van der Waals surface area (Å²) < 4.78 is 5.79. The first kappa shape index (κ1) is 17.0. The van der Waals surface area contributed by atoms with Crippen molar-refractivity contribution in [3.8, 4) is 5.75 Å². The van der Waals surface area contributed by atoms with Crippen LogP contribution in [-0.2, 0) is 17.8 Å². The zero-order valence-electron chi connectivity index (χ0n) is 13.9. The Morgan fingerprint density at radius 2 is 2.00 bits per heavy atom. The second-order valence-electron chi connectivity index (χ2n) is 5.99. The summed E-state index contributed by atoms with van der Waals surface area (Å²) in [4.78, 5) is 15.4. The van der Waals surface area contributed by atoms with Crippen molar-refractivity contribution in [3.05, 3.63) is 52.2 Å². The number of hydrogen-bond acceptors (Lipinski definition) is 4. The molecule has 1 aromatic carbocycles. The number of likely N-dealkylation sites (tertiary alicyclic amines) is 1. The van der Waals surface area contributed by atoms with Gasteiger partial charge in [-0.15, -0.1) is 11.3 Å². The Labute approximate surface area is 147 Å². The molecular formula is C19H24N2O2S. The van der Waals surface area contributed by atoms with E-state index in [0.717, 1.165) is 56.8 Å². The van der Waals surface area contributed by atoms with E-state index in [2.05, 4.69) is 22.8 Å². The van der Waals surface area contributed by atoms with Crippen molar-refractivity contribution in [2.24, 2.45) is 0 Å². The first-order valence-corrected chi connectivity index (χ1v) is 9.42. The molecule has 2 heterocycles. The minimum Gasteiger partial charge on any atom is -0.483 e. The molecule has 1 aliphatic heterocycles. The molecule has 5 heteroatoms. The maximum atomic E-state index is 12.1. The summed E-state index contributed by atoms with van der Waals surface area (Å²) in [6.45, 7) is 3.55. The Hall–Kier alpha value is -1.85. The summed E-state index contributed by atoms with van der Waals surface area (Å²) in [7, 11) is 0. The number of hydrogen-bond donors (Lipinski definition) is 1. The van der Waals surface area contributed by atoms with Crippen LogP contribution in [-0.4, -0.2) is 37.0 Å². The van der Waals surface area contributed by atoms with Crippen molar-refractivity contribution in [2.45, 2.75) is 25.8 Å². The molecule has 4 nitrogen and oxygen atoms in total. The molecule has 0 aliphatic carbocycles. The Morgan fingerprint density at radius 1 is 1.17 bits per heavy atom. The molecule has 1 fully saturated rings. The SMILES string of the molecule is O=C(COc1ccccc1CNCCc1cccs1)N1CCCC1. The summed E-state index contributed by atoms with van der Waals surface area (Å²) in [5, 5.41) is 5.56. The predicted octanol–water partition coefficient (Wildman–Crippen LogP) is 3.08. The number of rotatable bonds is 8. The van der Waals surface area contributed by atoms with E-state index in [0.29, 0.717) is 0 Å². The van der Waals surface area contributed by atoms with Gasteiger partial charge in [0, 0.05) is 36.6 Å². The van der Waals surface area contributed by atoms with Crippen LogP contribution in [0, 0.1) is 0 Å². The minimum atomic E-state index is 0.0907. The maximum absolute atomic E-state index is 12.1. The highest BCUT2D eigenvalue weighted by molar-refractivity contribution is 7.09. The van der Waals surface area contributed by atoms with E-state index in [4.69, 9.17) is 4.74 Å². The van der Waals surface area contributed by atoms with Gasteiger partial charge in [-0.2, -0.15) is 0 Å². The van der Waals surface area contributed by atoms with Crippen molar-refractivity contribution >= 4 is 17.2 Å². The van der Waals surface area contributed by atoms with Gasteiger partial charge in [0.05, 0.1) is 0 Å². The van der Waals surface area contributed by atoms with Gasteiger partial charge >= 0.3 is 0 Å². The molecule has 2 aromatic rings. The Bertz CT molecular complexity index is 637. The van der Waals surface area contributed by atoms with E-state index >= 15 is 0 Å². The van der Waals surface area contributed by atoms with Crippen molar-refractivity contribution < 1.29 is 9.53 Å². The number of thiophene rings is 1. The van der Waals surface area contributed by atoms with Crippen LogP contribution >= 0.6 is 11.3 Å². The van der Waals surface area contributed by atoms with E-state index < -0.39 is 0 Å². The van der Waals surface area contributed by atoms with Crippen LogP contribution in [0.15, 0.2) is 41.8 Å². The highest BCUT2D eigenvalue weighted by atomic mass is 32.1. The van der Waals surface area contributed by atoms with Gasteiger partial charge in [0.1, 0.15) is 5.75 Å². The molecule has 0 saturated carbocycles. The van der Waals surface area contributed by atoms with Crippen LogP contribution < -0.4 is 10.1 Å². The fraction of sp³-hybridized carbons (Fsp3) is 0.421. The van der Waals surface area contributed by atoms with Crippen molar-refractivity contribution in [2.75, 3.05) is 26.2 Å². The third-order valence-corrected chi connectivity index (χ3v) is 5.16. The first-order chi connectivity index (χ1) is 11.8. The van der Waals surface area contributed by atoms with E-state index in [1.54, 1.807) is 11.3 Å². The average molecular weight is 344 g/mol. The lowest BCUT2D eigenvalue weighted by molar-refractivity contribution is -0.132. The lowest BCUT2D eigenvalue weighted by Crippen LogP contribution is -2.32. The number of nitrogens with one attached hydrogen (secondary N) is 1. The number of benzene rings is 1. The highest BCUT2D eigenvalue weighted by Crippen LogP contribution is 2.18. The van der Waals surface area contributed by atoms with E-state index in [9.17, 15) is 4.79 Å². The second kappa shape index (κ2) is 8.85. The summed E-state index contributed by atoms with van der Waals surface area (Å²) in [6.07, 6.45) is 3.25. The molecule has 0 spiro atoms. The van der Waals surface area contributed by atoms with Gasteiger partial charge in [0.15, 0.2) is 6.61 Å². The molecule has 1 saturated heterocycles. The standard InChI is InChI=1S/C19H24N2O2S/c22-19(21-11-3-4-12-21)15-23-18-8-2-1-6-16(18)14-20-10-9-17-7-5-13-24-17/h1-2,5-8,13,20H,3-4,9-12,14-15H2.